The van der Waals surface area contributed by atoms with Gasteiger partial charge in [-0.3, -0.25) is 47.8 Å². The third kappa shape index (κ3) is 18.8. The molecule has 114 heavy (non-hydrogen) atoms. The fourth-order valence-corrected chi connectivity index (χ4v) is 20.0. The Kier molecular flexibility index (Phi) is 24.7. The van der Waals surface area contributed by atoms with Crippen LogP contribution in [0.3, 0.4) is 0 Å². The summed E-state index contributed by atoms with van der Waals surface area (Å²) in [6, 6.07) is 13.3. The normalized spacial score (nSPS) is 31.2. The van der Waals surface area contributed by atoms with Crippen molar-refractivity contribution in [1.82, 2.24) is 29.2 Å². The summed E-state index contributed by atoms with van der Waals surface area (Å²) >= 11 is 0. The van der Waals surface area contributed by atoms with Crippen molar-refractivity contribution >= 4 is 88.7 Å². The zero-order valence-electron chi connectivity index (χ0n) is 68.2. The van der Waals surface area contributed by atoms with Crippen LogP contribution in [0.4, 0.5) is 0 Å². The third-order valence-electron chi connectivity index (χ3n) is 26.7. The lowest BCUT2D eigenvalue weighted by molar-refractivity contribution is -0.153. The van der Waals surface area contributed by atoms with Crippen LogP contribution in [-0.4, -0.2) is 157 Å². The van der Waals surface area contributed by atoms with E-state index in [1.54, 1.807) is 36.0 Å². The smallest absolute Gasteiger partial charge is 0.306 e. The van der Waals surface area contributed by atoms with Crippen molar-refractivity contribution in [2.45, 2.75) is 257 Å². The van der Waals surface area contributed by atoms with Gasteiger partial charge < -0.3 is 38.2 Å². The molecule has 26 heteroatoms. The first-order valence-corrected chi connectivity index (χ1v) is 44.9. The maximum absolute atomic E-state index is 14.9. The lowest BCUT2D eigenvalue weighted by Gasteiger charge is -2.32. The van der Waals surface area contributed by atoms with Gasteiger partial charge in [0.15, 0.2) is 11.6 Å². The number of nitrogens with one attached hydrogen (secondary N) is 2. The highest BCUT2D eigenvalue weighted by Gasteiger charge is 2.65. The Hall–Kier alpha value is -8.00. The van der Waals surface area contributed by atoms with Crippen molar-refractivity contribution in [3.8, 4) is 23.3 Å². The predicted octanol–water partition coefficient (Wildman–Crippen LogP) is 13.4. The zero-order valence-corrected chi connectivity index (χ0v) is 69.8. The number of hydrogen-bond acceptors (Lipinski definition) is 20. The third-order valence-corrected chi connectivity index (χ3v) is 31.0. The number of ketones is 2. The molecule has 0 unspecified atom stereocenters. The first-order valence-electron chi connectivity index (χ1n) is 41.9. The number of amides is 4. The number of aromatic nitrogens is 2. The number of esters is 2. The zero-order chi connectivity index (χ0) is 81.5. The van der Waals surface area contributed by atoms with Gasteiger partial charge in [0.2, 0.25) is 55.4 Å². The van der Waals surface area contributed by atoms with Crippen molar-refractivity contribution in [2.75, 3.05) is 39.5 Å². The first kappa shape index (κ1) is 83.9. The maximum atomic E-state index is 14.9. The Morgan fingerprint density at radius 3 is 1.24 bits per heavy atom. The van der Waals surface area contributed by atoms with Crippen LogP contribution >= 0.6 is 0 Å². The first-order chi connectivity index (χ1) is 54.1. The van der Waals surface area contributed by atoms with Gasteiger partial charge in [-0.1, -0.05) is 116 Å². The van der Waals surface area contributed by atoms with E-state index in [-0.39, 0.29) is 121 Å². The molecule has 2 N–H and O–H groups in total. The monoisotopic (exact) mass is 1610 g/mol. The summed E-state index contributed by atoms with van der Waals surface area (Å²) < 4.78 is 92.3. The van der Waals surface area contributed by atoms with Crippen LogP contribution in [0.1, 0.15) is 223 Å². The van der Waals surface area contributed by atoms with Crippen LogP contribution in [0.15, 0.2) is 85.2 Å². The number of ether oxygens (including phenoxy) is 6. The van der Waals surface area contributed by atoms with E-state index in [0.29, 0.717) is 101 Å². The number of nitrogens with zero attached hydrogens (tertiary/aromatic N) is 4. The largest absolute Gasteiger partial charge is 0.491 e. The average molecular weight is 1610 g/mol. The molecular weight excluding hydrogens is 1490 g/mol. The van der Waals surface area contributed by atoms with Gasteiger partial charge in [-0.25, -0.2) is 26.8 Å². The van der Waals surface area contributed by atoms with E-state index in [9.17, 15) is 55.2 Å². The van der Waals surface area contributed by atoms with E-state index in [2.05, 4.69) is 47.1 Å². The van der Waals surface area contributed by atoms with Gasteiger partial charge >= 0.3 is 11.9 Å². The topological polar surface area (TPSA) is 317 Å². The summed E-state index contributed by atoms with van der Waals surface area (Å²) in [6.07, 6.45) is 22.2. The summed E-state index contributed by atoms with van der Waals surface area (Å²) in [6.45, 7) is 21.6. The highest BCUT2D eigenvalue weighted by molar-refractivity contribution is 7.92. The highest BCUT2D eigenvalue weighted by atomic mass is 32.2. The molecule has 2 saturated heterocycles. The molecule has 0 radical (unpaired) electrons. The SMILES string of the molecule is CCCOc1cnc(O[C@@H]2C[C@H]3C(=O)C[C@]4(C(=O)NS(=O)(=O)C5(C)CC5)C[C@H]4/C=C\CC[C@@H](C)C[C@@H](C)[C@H](CC(=O)OCC4(C)CC4)C(=O)N3C2)c2ccccc12.CCCOc1cnc(O[C@@H]2C[C@H]3C(=O)C[C@]4(C(=O)NS(=O)(=O)C5(C)CC5)C[C@H]4/C=C\CC[C@H](C)C[C@@H](C)[C@H](CC(=O)OCC4(C)CC4)C(=O)N3C2)c2ccccc12. The van der Waals surface area contributed by atoms with E-state index in [0.717, 1.165) is 85.8 Å². The minimum Gasteiger partial charge on any atom is -0.491 e. The summed E-state index contributed by atoms with van der Waals surface area (Å²) in [5, 5.41) is 3.12. The number of sulfonamides is 2. The second-order valence-corrected chi connectivity index (χ2v) is 41.2. The van der Waals surface area contributed by atoms with Crippen LogP contribution in [0.2, 0.25) is 0 Å². The molecule has 620 valence electrons. The number of hydrogen-bond donors (Lipinski definition) is 2. The van der Waals surface area contributed by atoms with Crippen LogP contribution < -0.4 is 28.4 Å². The summed E-state index contributed by atoms with van der Waals surface area (Å²) in [5.74, 6) is -3.62. The summed E-state index contributed by atoms with van der Waals surface area (Å²) in [4.78, 5) is 127. The number of allylic oxidation sites excluding steroid dienone is 4. The van der Waals surface area contributed by atoms with E-state index in [1.807, 2.05) is 101 Å². The molecule has 14 rings (SSSR count). The van der Waals surface area contributed by atoms with E-state index in [1.165, 1.54) is 0 Å². The van der Waals surface area contributed by atoms with Gasteiger partial charge in [0.25, 0.3) is 0 Å². The van der Waals surface area contributed by atoms with Crippen molar-refractivity contribution in [1.29, 1.82) is 0 Å². The molecular formula is C88H118N6O18S2. The Morgan fingerprint density at radius 2 is 0.886 bits per heavy atom. The van der Waals surface area contributed by atoms with Crippen molar-refractivity contribution in [3.05, 3.63) is 85.2 Å². The van der Waals surface area contributed by atoms with Gasteiger partial charge in [0.1, 0.15) is 23.7 Å². The maximum Gasteiger partial charge on any atom is 0.306 e. The molecule has 8 fully saturated rings. The van der Waals surface area contributed by atoms with Crippen LogP contribution in [0.5, 0.6) is 23.3 Å². The Balaban J connectivity index is 0.000000199. The number of rotatable bonds is 24. The quantitative estimate of drug-likeness (QED) is 0.0486. The van der Waals surface area contributed by atoms with Gasteiger partial charge in [0.05, 0.1) is 109 Å². The number of carbonyl (C=O) groups excluding carboxylic acids is 8. The van der Waals surface area contributed by atoms with Gasteiger partial charge in [-0.2, -0.15) is 0 Å². The summed E-state index contributed by atoms with van der Waals surface area (Å²) in [7, 11) is -7.90. The lowest BCUT2D eigenvalue weighted by atomic mass is 9.82. The molecule has 4 aliphatic heterocycles. The summed E-state index contributed by atoms with van der Waals surface area (Å²) in [5.41, 5.74) is -2.54. The molecule has 10 aliphatic rings. The molecule has 24 nitrogen and oxygen atoms in total. The Labute approximate surface area is 672 Å². The standard InChI is InChI=1S/2C44H59N3O9S/c2*1-6-19-54-37-25-45-39(33-14-10-9-13-32(33)37)56-31-21-35-36(48)24-44(41(51)46-57(52,53)43(5)17-18-43)23-30(44)12-8-7-11-28(2)20-29(3)34(40(50)47(35)26-31)22-38(49)55-27-42(4)15-16-42/h2*8-10,12-14,25,28-31,34-35H,6-7,11,15-24,26-27H2,1-5H3,(H,46,51)/b2*12-8-/t28-,29+,30+,31+,34-,35-,44+;28-,29-,30-,31-,34+,35+,44-/m01/s1. The van der Waals surface area contributed by atoms with E-state index >= 15 is 0 Å². The molecule has 4 amide bonds. The van der Waals surface area contributed by atoms with E-state index in [4.69, 9.17) is 28.4 Å². The second kappa shape index (κ2) is 33.5. The Morgan fingerprint density at radius 1 is 0.518 bits per heavy atom. The fraction of sp³-hybridized carbons (Fsp3) is 0.659. The molecule has 0 spiro atoms. The number of Topliss-reactive ketones (excluding diaryl/α,β-unsaturated/α-hetero) is 2. The van der Waals surface area contributed by atoms with Crippen LogP contribution in [0, 0.1) is 69.0 Å². The highest BCUT2D eigenvalue weighted by Crippen LogP contribution is 2.60. The van der Waals surface area contributed by atoms with Gasteiger partial charge in [-0.05, 0) is 177 Å². The molecule has 0 bridgehead atoms. The van der Waals surface area contributed by atoms with Crippen LogP contribution in [-0.2, 0) is 67.9 Å². The average Bonchev–Trinajstić information content (AvgIpc) is 1.57. The van der Waals surface area contributed by atoms with Crippen molar-refractivity contribution < 1.29 is 83.6 Å². The number of benzene rings is 2. The molecule has 6 saturated carbocycles. The molecule has 14 atom stereocenters. The molecule has 6 aliphatic carbocycles. The van der Waals surface area contributed by atoms with Gasteiger partial charge in [-0.15, -0.1) is 0 Å². The van der Waals surface area contributed by atoms with Crippen molar-refractivity contribution in [3.63, 3.8) is 0 Å². The number of fused-ring (bicyclic) bond motifs is 6. The van der Waals surface area contributed by atoms with Crippen LogP contribution in [0.25, 0.3) is 21.5 Å². The predicted molar refractivity (Wildman–Crippen MR) is 429 cm³/mol. The number of carbonyl (C=O) groups is 8. The molecule has 2 aromatic heterocycles. The van der Waals surface area contributed by atoms with Gasteiger partial charge in [0, 0.05) is 58.1 Å². The molecule has 6 heterocycles. The lowest BCUT2D eigenvalue weighted by Crippen LogP contribution is -2.48. The van der Waals surface area contributed by atoms with E-state index < -0.39 is 100 Å². The minimum absolute atomic E-state index is 0.0106. The minimum atomic E-state index is -3.95. The second-order valence-electron chi connectivity index (χ2n) is 36.8. The van der Waals surface area contributed by atoms with Crippen molar-refractivity contribution in [2.24, 2.45) is 69.0 Å². The number of pyridine rings is 2. The molecule has 2 aromatic carbocycles. The Bertz CT molecular complexity index is 4340. The molecule has 4 aromatic rings. The fourth-order valence-electron chi connectivity index (χ4n) is 17.3.